The zero-order valence-electron chi connectivity index (χ0n) is 10.2. The van der Waals surface area contributed by atoms with E-state index in [1.54, 1.807) is 16.8 Å². The second kappa shape index (κ2) is 6.00. The average molecular weight is 348 g/mol. The standard InChI is InChI=1S/C12H13BrClFN4/c1-2-19-12(9(14)6-17-19)11(18-16)8-4-3-7(13)5-10(8)15/h3-6,11,18H,2,16H2,1H3. The highest BCUT2D eigenvalue weighted by Crippen LogP contribution is 2.30. The molecular weight excluding hydrogens is 335 g/mol. The molecule has 0 aliphatic carbocycles. The second-order valence-electron chi connectivity index (χ2n) is 3.96. The molecule has 2 rings (SSSR count). The van der Waals surface area contributed by atoms with Crippen LogP contribution in [0.4, 0.5) is 4.39 Å². The summed E-state index contributed by atoms with van der Waals surface area (Å²) in [4.78, 5) is 0. The number of nitrogens with zero attached hydrogens (tertiary/aromatic N) is 2. The molecule has 0 aliphatic rings. The number of rotatable bonds is 4. The first-order valence-corrected chi connectivity index (χ1v) is 6.87. The van der Waals surface area contributed by atoms with Gasteiger partial charge in [-0.1, -0.05) is 33.6 Å². The van der Waals surface area contributed by atoms with Gasteiger partial charge in [0.25, 0.3) is 0 Å². The monoisotopic (exact) mass is 346 g/mol. The fourth-order valence-electron chi connectivity index (χ4n) is 1.96. The molecule has 19 heavy (non-hydrogen) atoms. The van der Waals surface area contributed by atoms with Gasteiger partial charge in [0.15, 0.2) is 0 Å². The first kappa shape index (κ1) is 14.5. The van der Waals surface area contributed by atoms with Crippen molar-refractivity contribution in [2.75, 3.05) is 0 Å². The van der Waals surface area contributed by atoms with Crippen LogP contribution in [-0.2, 0) is 6.54 Å². The number of halogens is 3. The lowest BCUT2D eigenvalue weighted by atomic mass is 10.0. The van der Waals surface area contributed by atoms with Crippen LogP contribution in [0, 0.1) is 5.82 Å². The van der Waals surface area contributed by atoms with Gasteiger partial charge in [-0.15, -0.1) is 0 Å². The molecule has 0 amide bonds. The molecule has 1 aromatic carbocycles. The fourth-order valence-corrected chi connectivity index (χ4v) is 2.55. The molecule has 7 heteroatoms. The summed E-state index contributed by atoms with van der Waals surface area (Å²) in [6.45, 7) is 2.55. The number of nitrogens with one attached hydrogen (secondary N) is 1. The molecular formula is C12H13BrClFN4. The third kappa shape index (κ3) is 2.81. The predicted molar refractivity (Wildman–Crippen MR) is 76.2 cm³/mol. The van der Waals surface area contributed by atoms with Crippen LogP contribution in [0.3, 0.4) is 0 Å². The quantitative estimate of drug-likeness (QED) is 0.660. The average Bonchev–Trinajstić information content (AvgIpc) is 2.74. The highest BCUT2D eigenvalue weighted by molar-refractivity contribution is 9.10. The third-order valence-corrected chi connectivity index (χ3v) is 3.63. The number of nitrogens with two attached hydrogens (primary N) is 1. The number of benzene rings is 1. The highest BCUT2D eigenvalue weighted by atomic mass is 79.9. The molecule has 0 saturated carbocycles. The van der Waals surface area contributed by atoms with Crippen molar-refractivity contribution >= 4 is 27.5 Å². The molecule has 0 aliphatic heterocycles. The summed E-state index contributed by atoms with van der Waals surface area (Å²) in [5.41, 5.74) is 3.66. The number of aryl methyl sites for hydroxylation is 1. The van der Waals surface area contributed by atoms with E-state index in [2.05, 4.69) is 26.5 Å². The van der Waals surface area contributed by atoms with E-state index in [1.807, 2.05) is 6.92 Å². The Morgan fingerprint density at radius 1 is 1.58 bits per heavy atom. The van der Waals surface area contributed by atoms with Crippen LogP contribution < -0.4 is 11.3 Å². The Bertz CT molecular complexity index is 587. The van der Waals surface area contributed by atoms with Crippen molar-refractivity contribution in [3.63, 3.8) is 0 Å². The number of hydrogen-bond acceptors (Lipinski definition) is 3. The van der Waals surface area contributed by atoms with Gasteiger partial charge >= 0.3 is 0 Å². The summed E-state index contributed by atoms with van der Waals surface area (Å²) >= 11 is 9.34. The molecule has 0 fully saturated rings. The van der Waals surface area contributed by atoms with Crippen LogP contribution >= 0.6 is 27.5 Å². The van der Waals surface area contributed by atoms with Crippen LogP contribution in [0.1, 0.15) is 24.2 Å². The van der Waals surface area contributed by atoms with Crippen molar-refractivity contribution in [3.8, 4) is 0 Å². The van der Waals surface area contributed by atoms with Crippen molar-refractivity contribution < 1.29 is 4.39 Å². The van der Waals surface area contributed by atoms with E-state index in [-0.39, 0.29) is 5.82 Å². The molecule has 0 radical (unpaired) electrons. The van der Waals surface area contributed by atoms with Gasteiger partial charge in [-0.05, 0) is 19.1 Å². The topological polar surface area (TPSA) is 55.9 Å². The molecule has 2 aromatic rings. The second-order valence-corrected chi connectivity index (χ2v) is 5.28. The van der Waals surface area contributed by atoms with Crippen LogP contribution in [0.5, 0.6) is 0 Å². The molecule has 1 heterocycles. The minimum absolute atomic E-state index is 0.364. The van der Waals surface area contributed by atoms with E-state index >= 15 is 0 Å². The molecule has 102 valence electrons. The fraction of sp³-hybridized carbons (Fsp3) is 0.250. The summed E-state index contributed by atoms with van der Waals surface area (Å²) in [5, 5.41) is 4.58. The van der Waals surface area contributed by atoms with Gasteiger partial charge in [0, 0.05) is 16.6 Å². The molecule has 1 unspecified atom stereocenters. The number of hydrazine groups is 1. The maximum absolute atomic E-state index is 14.0. The van der Waals surface area contributed by atoms with Gasteiger partial charge in [-0.2, -0.15) is 5.10 Å². The van der Waals surface area contributed by atoms with Gasteiger partial charge in [-0.3, -0.25) is 10.5 Å². The van der Waals surface area contributed by atoms with Crippen LogP contribution in [0.25, 0.3) is 0 Å². The lowest BCUT2D eigenvalue weighted by Crippen LogP contribution is -2.31. The maximum atomic E-state index is 14.0. The normalized spacial score (nSPS) is 12.7. The van der Waals surface area contributed by atoms with Gasteiger partial charge in [0.05, 0.1) is 23.0 Å². The zero-order chi connectivity index (χ0) is 14.0. The van der Waals surface area contributed by atoms with Crippen LogP contribution in [-0.4, -0.2) is 9.78 Å². The summed E-state index contributed by atoms with van der Waals surface area (Å²) < 4.78 is 16.4. The van der Waals surface area contributed by atoms with E-state index < -0.39 is 6.04 Å². The predicted octanol–water partition coefficient (Wildman–Crippen LogP) is 3.01. The van der Waals surface area contributed by atoms with Crippen molar-refractivity contribution in [3.05, 3.63) is 51.0 Å². The smallest absolute Gasteiger partial charge is 0.129 e. The first-order valence-electron chi connectivity index (χ1n) is 5.70. The summed E-state index contributed by atoms with van der Waals surface area (Å²) in [6, 6.07) is 4.25. The SMILES string of the molecule is CCn1ncc(Cl)c1C(NN)c1ccc(Br)cc1F. The first-order chi connectivity index (χ1) is 9.08. The highest BCUT2D eigenvalue weighted by Gasteiger charge is 2.23. The molecule has 1 atom stereocenters. The summed E-state index contributed by atoms with van der Waals surface area (Å²) in [6.07, 6.45) is 1.53. The Kier molecular flexibility index (Phi) is 4.57. The van der Waals surface area contributed by atoms with E-state index in [0.29, 0.717) is 27.3 Å². The van der Waals surface area contributed by atoms with Gasteiger partial charge in [0.1, 0.15) is 5.82 Å². The minimum atomic E-state index is -0.553. The van der Waals surface area contributed by atoms with Crippen molar-refractivity contribution in [2.45, 2.75) is 19.5 Å². The van der Waals surface area contributed by atoms with Crippen LogP contribution in [0.15, 0.2) is 28.9 Å². The largest absolute Gasteiger partial charge is 0.271 e. The Labute approximate surface area is 123 Å². The Hall–Kier alpha value is -0.950. The third-order valence-electron chi connectivity index (χ3n) is 2.85. The van der Waals surface area contributed by atoms with Crippen molar-refractivity contribution in [1.29, 1.82) is 0 Å². The maximum Gasteiger partial charge on any atom is 0.129 e. The van der Waals surface area contributed by atoms with Crippen molar-refractivity contribution in [1.82, 2.24) is 15.2 Å². The Morgan fingerprint density at radius 3 is 2.89 bits per heavy atom. The van der Waals surface area contributed by atoms with E-state index in [4.69, 9.17) is 17.4 Å². The lowest BCUT2D eigenvalue weighted by molar-refractivity contribution is 0.516. The van der Waals surface area contributed by atoms with Crippen molar-refractivity contribution in [2.24, 2.45) is 5.84 Å². The zero-order valence-corrected chi connectivity index (χ0v) is 12.5. The Balaban J connectivity index is 2.52. The van der Waals surface area contributed by atoms with Gasteiger partial charge in [-0.25, -0.2) is 9.82 Å². The minimum Gasteiger partial charge on any atom is -0.271 e. The van der Waals surface area contributed by atoms with Gasteiger partial charge < -0.3 is 0 Å². The lowest BCUT2D eigenvalue weighted by Gasteiger charge is -2.19. The van der Waals surface area contributed by atoms with E-state index in [9.17, 15) is 4.39 Å². The molecule has 3 N–H and O–H groups in total. The number of aromatic nitrogens is 2. The number of hydrogen-bond donors (Lipinski definition) is 2. The van der Waals surface area contributed by atoms with E-state index in [1.165, 1.54) is 12.3 Å². The molecule has 0 saturated heterocycles. The molecule has 0 bridgehead atoms. The van der Waals surface area contributed by atoms with Gasteiger partial charge in [0.2, 0.25) is 0 Å². The van der Waals surface area contributed by atoms with E-state index in [0.717, 1.165) is 0 Å². The molecule has 1 aromatic heterocycles. The van der Waals surface area contributed by atoms with Crippen LogP contribution in [0.2, 0.25) is 5.02 Å². The molecule has 4 nitrogen and oxygen atoms in total. The molecule has 0 spiro atoms. The summed E-state index contributed by atoms with van der Waals surface area (Å²) in [7, 11) is 0. The Morgan fingerprint density at radius 2 is 2.32 bits per heavy atom. The summed E-state index contributed by atoms with van der Waals surface area (Å²) in [5.74, 6) is 5.20.